The minimum Gasteiger partial charge on any atom is -0.497 e. The number of hydrogen-bond donors (Lipinski definition) is 2. The zero-order valence-electron chi connectivity index (χ0n) is 14.0. The lowest BCUT2D eigenvalue weighted by Crippen LogP contribution is -2.28. The van der Waals surface area contributed by atoms with Crippen LogP contribution in [0.1, 0.15) is 5.56 Å². The number of sulfonamides is 1. The second-order valence-corrected chi connectivity index (χ2v) is 7.06. The third-order valence-electron chi connectivity index (χ3n) is 3.15. The number of benzene rings is 2. The van der Waals surface area contributed by atoms with Gasteiger partial charge in [-0.1, -0.05) is 12.1 Å². The Morgan fingerprint density at radius 2 is 1.76 bits per heavy atom. The smallest absolute Gasteiger partial charge is 0.258 e. The maximum Gasteiger partial charge on any atom is 0.258 e. The van der Waals surface area contributed by atoms with E-state index >= 15 is 0 Å². The number of carbonyl (C=O) groups excluding carboxylic acids is 1. The Hall–Kier alpha value is -2.74. The van der Waals surface area contributed by atoms with Crippen molar-refractivity contribution in [3.8, 4) is 11.5 Å². The molecule has 25 heavy (non-hydrogen) atoms. The van der Waals surface area contributed by atoms with Crippen molar-refractivity contribution in [2.24, 2.45) is 0 Å². The topological polar surface area (TPSA) is 93.7 Å². The number of rotatable bonds is 8. The van der Waals surface area contributed by atoms with Gasteiger partial charge < -0.3 is 14.8 Å². The van der Waals surface area contributed by atoms with Gasteiger partial charge in [0.1, 0.15) is 11.5 Å². The summed E-state index contributed by atoms with van der Waals surface area (Å²) < 4.78 is 35.3. The molecule has 0 spiro atoms. The first-order valence-corrected chi connectivity index (χ1v) is 9.35. The molecule has 0 atom stereocenters. The predicted octanol–water partition coefficient (Wildman–Crippen LogP) is 1.76. The van der Waals surface area contributed by atoms with Crippen molar-refractivity contribution in [1.29, 1.82) is 0 Å². The summed E-state index contributed by atoms with van der Waals surface area (Å²) in [5, 5.41) is 2.72. The molecule has 0 bridgehead atoms. The summed E-state index contributed by atoms with van der Waals surface area (Å²) in [5.41, 5.74) is 1.22. The molecule has 2 aromatic carbocycles. The van der Waals surface area contributed by atoms with Gasteiger partial charge in [0, 0.05) is 12.2 Å². The molecule has 1 amide bonds. The van der Waals surface area contributed by atoms with Crippen LogP contribution in [0, 0.1) is 0 Å². The lowest BCUT2D eigenvalue weighted by Gasteiger charge is -2.09. The number of nitrogens with one attached hydrogen (secondary N) is 2. The first-order valence-electron chi connectivity index (χ1n) is 7.46. The molecule has 2 N–H and O–H groups in total. The minimum absolute atomic E-state index is 0.117. The molecular formula is C17H20N2O5S. The van der Waals surface area contributed by atoms with Gasteiger partial charge in [-0.15, -0.1) is 0 Å². The molecule has 7 nitrogen and oxygen atoms in total. The van der Waals surface area contributed by atoms with Crippen LogP contribution in [0.4, 0.5) is 5.69 Å². The normalized spacial score (nSPS) is 10.8. The molecule has 8 heteroatoms. The van der Waals surface area contributed by atoms with Crippen LogP contribution < -0.4 is 19.5 Å². The van der Waals surface area contributed by atoms with E-state index in [0.717, 1.165) is 11.8 Å². The molecular weight excluding hydrogens is 344 g/mol. The lowest BCUT2D eigenvalue weighted by atomic mass is 10.2. The third-order valence-corrected chi connectivity index (χ3v) is 3.76. The molecule has 0 radical (unpaired) electrons. The monoisotopic (exact) mass is 364 g/mol. The quantitative estimate of drug-likeness (QED) is 0.744. The van der Waals surface area contributed by atoms with Crippen molar-refractivity contribution in [3.63, 3.8) is 0 Å². The standard InChI is InChI=1S/C17H20N2O5S/c1-23-15-6-8-16(9-7-15)24-12-17(20)18-11-13-4-3-5-14(10-13)19-25(2,21)22/h3-10,19H,11-12H2,1-2H3,(H,18,20). The van der Waals surface area contributed by atoms with E-state index in [1.165, 1.54) is 0 Å². The molecule has 0 saturated heterocycles. The van der Waals surface area contributed by atoms with Crippen molar-refractivity contribution >= 4 is 21.6 Å². The third kappa shape index (κ3) is 6.72. The number of methoxy groups -OCH3 is 1. The van der Waals surface area contributed by atoms with Crippen LogP contribution in [0.5, 0.6) is 11.5 Å². The van der Waals surface area contributed by atoms with Gasteiger partial charge in [-0.25, -0.2) is 8.42 Å². The van der Waals surface area contributed by atoms with E-state index in [1.54, 1.807) is 55.6 Å². The highest BCUT2D eigenvalue weighted by molar-refractivity contribution is 7.92. The Bertz CT molecular complexity index is 819. The first kappa shape index (κ1) is 18.6. The predicted molar refractivity (Wildman–Crippen MR) is 95.2 cm³/mol. The van der Waals surface area contributed by atoms with Gasteiger partial charge in [0.15, 0.2) is 6.61 Å². The van der Waals surface area contributed by atoms with Crippen LogP contribution in [-0.4, -0.2) is 34.3 Å². The van der Waals surface area contributed by atoms with Gasteiger partial charge in [0.2, 0.25) is 10.0 Å². The second-order valence-electron chi connectivity index (χ2n) is 5.32. The molecule has 0 aliphatic rings. The average Bonchev–Trinajstić information content (AvgIpc) is 2.57. The summed E-state index contributed by atoms with van der Waals surface area (Å²) in [6, 6.07) is 13.7. The molecule has 2 aromatic rings. The molecule has 0 aliphatic heterocycles. The number of anilines is 1. The largest absolute Gasteiger partial charge is 0.497 e. The van der Waals surface area contributed by atoms with E-state index in [1.807, 2.05) is 0 Å². The highest BCUT2D eigenvalue weighted by Crippen LogP contribution is 2.16. The van der Waals surface area contributed by atoms with Crippen LogP contribution in [0.15, 0.2) is 48.5 Å². The zero-order valence-corrected chi connectivity index (χ0v) is 14.8. The highest BCUT2D eigenvalue weighted by Gasteiger charge is 2.05. The fraction of sp³-hybridized carbons (Fsp3) is 0.235. The fourth-order valence-electron chi connectivity index (χ4n) is 2.03. The van der Waals surface area contributed by atoms with Crippen LogP contribution in [0.2, 0.25) is 0 Å². The van der Waals surface area contributed by atoms with Gasteiger partial charge in [0.25, 0.3) is 5.91 Å². The first-order chi connectivity index (χ1) is 11.9. The Labute approximate surface area is 147 Å². The zero-order chi connectivity index (χ0) is 18.3. The van der Waals surface area contributed by atoms with Gasteiger partial charge in [0.05, 0.1) is 13.4 Å². The lowest BCUT2D eigenvalue weighted by molar-refractivity contribution is -0.123. The van der Waals surface area contributed by atoms with Crippen molar-refractivity contribution in [1.82, 2.24) is 5.32 Å². The fourth-order valence-corrected chi connectivity index (χ4v) is 2.59. The molecule has 0 fully saturated rings. The van der Waals surface area contributed by atoms with E-state index in [-0.39, 0.29) is 19.1 Å². The van der Waals surface area contributed by atoms with Gasteiger partial charge in [-0.3, -0.25) is 9.52 Å². The van der Waals surface area contributed by atoms with Gasteiger partial charge in [-0.05, 0) is 42.0 Å². The van der Waals surface area contributed by atoms with Crippen LogP contribution in [-0.2, 0) is 21.4 Å². The van der Waals surface area contributed by atoms with Crippen LogP contribution >= 0.6 is 0 Å². The number of carbonyl (C=O) groups is 1. The summed E-state index contributed by atoms with van der Waals surface area (Å²) in [4.78, 5) is 11.9. The van der Waals surface area contributed by atoms with Crippen LogP contribution in [0.25, 0.3) is 0 Å². The van der Waals surface area contributed by atoms with Crippen molar-refractivity contribution in [2.45, 2.75) is 6.54 Å². The minimum atomic E-state index is -3.34. The van der Waals surface area contributed by atoms with Gasteiger partial charge >= 0.3 is 0 Å². The Morgan fingerprint density at radius 3 is 2.40 bits per heavy atom. The summed E-state index contributed by atoms with van der Waals surface area (Å²) in [6.45, 7) is 0.150. The molecule has 0 aliphatic carbocycles. The maximum atomic E-state index is 11.9. The molecule has 0 heterocycles. The number of ether oxygens (including phenoxy) is 2. The Kier molecular flexibility index (Phi) is 6.24. The number of hydrogen-bond acceptors (Lipinski definition) is 5. The summed E-state index contributed by atoms with van der Waals surface area (Å²) in [7, 11) is -1.76. The summed E-state index contributed by atoms with van der Waals surface area (Å²) in [5.74, 6) is 0.993. The molecule has 2 rings (SSSR count). The highest BCUT2D eigenvalue weighted by atomic mass is 32.2. The molecule has 0 aromatic heterocycles. The molecule has 0 unspecified atom stereocenters. The van der Waals surface area contributed by atoms with Crippen LogP contribution in [0.3, 0.4) is 0 Å². The second kappa shape index (κ2) is 8.39. The van der Waals surface area contributed by atoms with Crippen molar-refractivity contribution < 1.29 is 22.7 Å². The summed E-state index contributed by atoms with van der Waals surface area (Å²) in [6.07, 6.45) is 1.08. The van der Waals surface area contributed by atoms with E-state index in [2.05, 4.69) is 10.0 Å². The average molecular weight is 364 g/mol. The van der Waals surface area contributed by atoms with E-state index in [9.17, 15) is 13.2 Å². The Balaban J connectivity index is 1.82. The SMILES string of the molecule is COc1ccc(OCC(=O)NCc2cccc(NS(C)(=O)=O)c2)cc1. The van der Waals surface area contributed by atoms with E-state index < -0.39 is 10.0 Å². The summed E-state index contributed by atoms with van der Waals surface area (Å²) >= 11 is 0. The molecule has 134 valence electrons. The van der Waals surface area contributed by atoms with Crippen molar-refractivity contribution in [2.75, 3.05) is 24.7 Å². The van der Waals surface area contributed by atoms with Crippen molar-refractivity contribution in [3.05, 3.63) is 54.1 Å². The van der Waals surface area contributed by atoms with Gasteiger partial charge in [-0.2, -0.15) is 0 Å². The molecule has 0 saturated carbocycles. The Morgan fingerprint density at radius 1 is 1.08 bits per heavy atom. The van der Waals surface area contributed by atoms with E-state index in [4.69, 9.17) is 9.47 Å². The number of amides is 1. The van der Waals surface area contributed by atoms with E-state index in [0.29, 0.717) is 17.2 Å². The maximum absolute atomic E-state index is 11.9.